The maximum Gasteiger partial charge on any atom is 0.414 e. The predicted octanol–water partition coefficient (Wildman–Crippen LogP) is 1.37. The molecule has 3 saturated heterocycles. The van der Waals surface area contributed by atoms with Gasteiger partial charge in [0.15, 0.2) is 11.6 Å². The number of nitrogens with zero attached hydrogens (tertiary/aromatic N) is 3. The van der Waals surface area contributed by atoms with Crippen molar-refractivity contribution in [1.82, 2.24) is 15.7 Å². The second kappa shape index (κ2) is 11.0. The Balaban J connectivity index is 1.39. The lowest BCUT2D eigenvalue weighted by Crippen LogP contribution is -2.47. The van der Waals surface area contributed by atoms with E-state index >= 15 is 8.78 Å². The van der Waals surface area contributed by atoms with E-state index in [1.807, 2.05) is 0 Å². The van der Waals surface area contributed by atoms with E-state index in [0.717, 1.165) is 17.0 Å². The Labute approximate surface area is 201 Å². The molecule has 4 amide bonds. The third-order valence-corrected chi connectivity index (χ3v) is 6.04. The third-order valence-electron chi connectivity index (χ3n) is 6.04. The lowest BCUT2D eigenvalue weighted by Gasteiger charge is -2.27. The molecule has 0 aliphatic carbocycles. The van der Waals surface area contributed by atoms with Crippen molar-refractivity contribution in [3.8, 4) is 0 Å². The zero-order chi connectivity index (χ0) is 24.9. The number of carbonyl (C=O) groups excluding carboxylic acids is 3. The number of halogens is 2. The molecule has 1 aromatic rings. The van der Waals surface area contributed by atoms with Crippen LogP contribution in [0, 0.1) is 11.6 Å². The van der Waals surface area contributed by atoms with Crippen molar-refractivity contribution in [1.29, 1.82) is 0 Å². The predicted molar refractivity (Wildman–Crippen MR) is 120 cm³/mol. The molecular formula is C22H29F2N5O6. The Morgan fingerprint density at radius 1 is 1.09 bits per heavy atom. The molecule has 4 rings (SSSR count). The second-order valence-electron chi connectivity index (χ2n) is 8.57. The lowest BCUT2D eigenvalue weighted by molar-refractivity contribution is -0.119. The monoisotopic (exact) mass is 497 g/mol. The molecule has 3 fully saturated rings. The van der Waals surface area contributed by atoms with Crippen LogP contribution in [0.3, 0.4) is 0 Å². The van der Waals surface area contributed by atoms with E-state index in [0.29, 0.717) is 26.1 Å². The molecule has 0 radical (unpaired) electrons. The summed E-state index contributed by atoms with van der Waals surface area (Å²) in [7, 11) is 0. The van der Waals surface area contributed by atoms with Crippen molar-refractivity contribution < 1.29 is 37.5 Å². The highest BCUT2D eigenvalue weighted by atomic mass is 19.1. The van der Waals surface area contributed by atoms with Crippen LogP contribution in [0.4, 0.5) is 29.7 Å². The van der Waals surface area contributed by atoms with Crippen molar-refractivity contribution in [3.05, 3.63) is 23.8 Å². The van der Waals surface area contributed by atoms with Gasteiger partial charge in [-0.1, -0.05) is 0 Å². The third kappa shape index (κ3) is 6.09. The molecule has 0 spiro atoms. The van der Waals surface area contributed by atoms with Crippen LogP contribution in [0.1, 0.15) is 19.8 Å². The SMILES string of the molecule is CC(=O)NC[C@H]1CN(c2cc(F)c(N3CCON(C(=O)NC4CCOCC4)CC3)c(F)c2)C(=O)O1. The van der Waals surface area contributed by atoms with Crippen molar-refractivity contribution in [2.45, 2.75) is 31.9 Å². The number of hydroxylamine groups is 2. The molecule has 0 aromatic heterocycles. The van der Waals surface area contributed by atoms with Gasteiger partial charge in [0.2, 0.25) is 5.91 Å². The maximum absolute atomic E-state index is 15.1. The molecule has 0 bridgehead atoms. The first kappa shape index (κ1) is 24.9. The Bertz CT molecular complexity index is 937. The van der Waals surface area contributed by atoms with E-state index < -0.39 is 29.9 Å². The number of amides is 4. The van der Waals surface area contributed by atoms with E-state index in [2.05, 4.69) is 10.6 Å². The van der Waals surface area contributed by atoms with Crippen LogP contribution in [0.2, 0.25) is 0 Å². The van der Waals surface area contributed by atoms with E-state index in [1.54, 1.807) is 0 Å². The summed E-state index contributed by atoms with van der Waals surface area (Å²) in [5.74, 6) is -1.97. The summed E-state index contributed by atoms with van der Waals surface area (Å²) in [6.07, 6.45) is 0.0551. The first-order valence-electron chi connectivity index (χ1n) is 11.6. The standard InChI is InChI=1S/C22H29F2N5O6/c1-14(30)25-12-17-13-28(22(32)35-17)16-10-18(23)20(19(24)11-16)27-4-5-29(34-9-6-27)21(31)26-15-2-7-33-8-3-15/h10-11,15,17H,2-9,12-13H2,1H3,(H,25,30)(H,26,31)/t17-/m0/s1. The van der Waals surface area contributed by atoms with Gasteiger partial charge in [0.1, 0.15) is 11.8 Å². The van der Waals surface area contributed by atoms with Crippen molar-refractivity contribution >= 4 is 29.4 Å². The summed E-state index contributed by atoms with van der Waals surface area (Å²) < 4.78 is 40.6. The lowest BCUT2D eigenvalue weighted by atomic mass is 10.1. The minimum absolute atomic E-state index is 0.00300. The van der Waals surface area contributed by atoms with E-state index in [4.69, 9.17) is 14.3 Å². The number of cyclic esters (lactones) is 1. The van der Waals surface area contributed by atoms with Gasteiger partial charge in [-0.3, -0.25) is 14.5 Å². The second-order valence-corrected chi connectivity index (χ2v) is 8.57. The summed E-state index contributed by atoms with van der Waals surface area (Å²) >= 11 is 0. The number of rotatable bonds is 5. The van der Waals surface area contributed by atoms with E-state index in [1.165, 1.54) is 16.9 Å². The molecule has 3 aliphatic rings. The Morgan fingerprint density at radius 3 is 2.49 bits per heavy atom. The number of nitrogens with one attached hydrogen (secondary N) is 2. The summed E-state index contributed by atoms with van der Waals surface area (Å²) in [6.45, 7) is 3.14. The highest BCUT2D eigenvalue weighted by Gasteiger charge is 2.34. The Kier molecular flexibility index (Phi) is 7.86. The number of hydrogen-bond donors (Lipinski definition) is 2. The van der Waals surface area contributed by atoms with Gasteiger partial charge >= 0.3 is 12.1 Å². The van der Waals surface area contributed by atoms with Gasteiger partial charge in [-0.2, -0.15) is 0 Å². The van der Waals surface area contributed by atoms with Crippen molar-refractivity contribution in [3.63, 3.8) is 0 Å². The topological polar surface area (TPSA) is 113 Å². The fourth-order valence-corrected chi connectivity index (χ4v) is 4.23. The molecule has 1 aromatic carbocycles. The number of anilines is 2. The van der Waals surface area contributed by atoms with Crippen LogP contribution in [0.15, 0.2) is 12.1 Å². The average Bonchev–Trinajstić information content (AvgIpc) is 3.02. The zero-order valence-corrected chi connectivity index (χ0v) is 19.4. The molecular weight excluding hydrogens is 468 g/mol. The largest absolute Gasteiger partial charge is 0.442 e. The number of hydrogen-bond acceptors (Lipinski definition) is 7. The molecule has 3 aliphatic heterocycles. The van der Waals surface area contributed by atoms with Gasteiger partial charge < -0.3 is 25.0 Å². The normalized spacial score (nSPS) is 21.5. The molecule has 3 heterocycles. The van der Waals surface area contributed by atoms with E-state index in [-0.39, 0.29) is 62.7 Å². The van der Waals surface area contributed by atoms with Crippen molar-refractivity contribution in [2.75, 3.05) is 62.3 Å². The minimum Gasteiger partial charge on any atom is -0.442 e. The smallest absolute Gasteiger partial charge is 0.414 e. The fraction of sp³-hybridized carbons (Fsp3) is 0.591. The molecule has 1 atom stereocenters. The molecule has 0 unspecified atom stereocenters. The molecule has 13 heteroatoms. The molecule has 192 valence electrons. The average molecular weight is 497 g/mol. The van der Waals surface area contributed by atoms with Gasteiger partial charge in [-0.05, 0) is 12.8 Å². The number of urea groups is 1. The highest BCUT2D eigenvalue weighted by molar-refractivity contribution is 5.90. The maximum atomic E-state index is 15.1. The van der Waals surface area contributed by atoms with Crippen LogP contribution in [-0.4, -0.2) is 87.8 Å². The Hall–Kier alpha value is -3.19. The van der Waals surface area contributed by atoms with Crippen LogP contribution < -0.4 is 20.4 Å². The summed E-state index contributed by atoms with van der Waals surface area (Å²) in [4.78, 5) is 43.9. The van der Waals surface area contributed by atoms with Crippen LogP contribution >= 0.6 is 0 Å². The van der Waals surface area contributed by atoms with Crippen LogP contribution in [0.25, 0.3) is 0 Å². The number of ether oxygens (including phenoxy) is 2. The fourth-order valence-electron chi connectivity index (χ4n) is 4.23. The van der Waals surface area contributed by atoms with Gasteiger partial charge in [-0.15, -0.1) is 0 Å². The number of carbonyl (C=O) groups is 3. The van der Waals surface area contributed by atoms with Gasteiger partial charge in [0, 0.05) is 51.4 Å². The first-order valence-corrected chi connectivity index (χ1v) is 11.6. The quantitative estimate of drug-likeness (QED) is 0.632. The number of benzene rings is 1. The zero-order valence-electron chi connectivity index (χ0n) is 19.4. The molecule has 35 heavy (non-hydrogen) atoms. The summed E-state index contributed by atoms with van der Waals surface area (Å²) in [5.41, 5.74) is -0.242. The van der Waals surface area contributed by atoms with Crippen LogP contribution in [-0.2, 0) is 19.1 Å². The van der Waals surface area contributed by atoms with Gasteiger partial charge in [-0.25, -0.2) is 23.4 Å². The molecule has 11 nitrogen and oxygen atoms in total. The molecule has 2 N–H and O–H groups in total. The summed E-state index contributed by atoms with van der Waals surface area (Å²) in [6, 6.07) is 1.75. The van der Waals surface area contributed by atoms with Crippen molar-refractivity contribution in [2.24, 2.45) is 0 Å². The summed E-state index contributed by atoms with van der Waals surface area (Å²) in [5, 5.41) is 6.62. The van der Waals surface area contributed by atoms with Gasteiger partial charge in [0.05, 0.1) is 31.9 Å². The van der Waals surface area contributed by atoms with Crippen LogP contribution in [0.5, 0.6) is 0 Å². The van der Waals surface area contributed by atoms with E-state index in [9.17, 15) is 14.4 Å². The first-order chi connectivity index (χ1) is 16.8. The molecule has 0 saturated carbocycles. The minimum atomic E-state index is -0.849. The van der Waals surface area contributed by atoms with Gasteiger partial charge in [0.25, 0.3) is 0 Å². The highest BCUT2D eigenvalue weighted by Crippen LogP contribution is 2.31. The Morgan fingerprint density at radius 2 is 1.80 bits per heavy atom.